The maximum absolute atomic E-state index is 13.0. The van der Waals surface area contributed by atoms with Gasteiger partial charge in [-0.05, 0) is 19.9 Å². The average Bonchev–Trinajstić information content (AvgIpc) is 2.08. The Morgan fingerprint density at radius 1 is 1.38 bits per heavy atom. The maximum Gasteiger partial charge on any atom is 0.132 e. The van der Waals surface area contributed by atoms with Gasteiger partial charge in [0.15, 0.2) is 0 Å². The maximum atomic E-state index is 13.0. The molecule has 0 unspecified atom stereocenters. The Hall–Kier alpha value is -1.38. The lowest BCUT2D eigenvalue weighted by Gasteiger charge is -2.00. The summed E-state index contributed by atoms with van der Waals surface area (Å²) in [6.07, 6.45) is 1.39. The third-order valence-corrected chi connectivity index (χ3v) is 1.37. The van der Waals surface area contributed by atoms with Crippen LogP contribution in [-0.2, 0) is 4.84 Å². The van der Waals surface area contributed by atoms with Crippen LogP contribution in [0.5, 0.6) is 0 Å². The number of hydrogen-bond donors (Lipinski definition) is 0. The van der Waals surface area contributed by atoms with Crippen molar-refractivity contribution in [1.29, 1.82) is 0 Å². The molecule has 0 atom stereocenters. The monoisotopic (exact) mass is 181 g/mol. The molecule has 0 spiro atoms. The predicted molar refractivity (Wildman–Crippen MR) is 50.2 cm³/mol. The van der Waals surface area contributed by atoms with Crippen molar-refractivity contribution in [3.05, 3.63) is 35.6 Å². The largest absolute Gasteiger partial charge is 0.393 e. The summed E-state index contributed by atoms with van der Waals surface area (Å²) in [4.78, 5) is 4.90. The molecule has 70 valence electrons. The van der Waals surface area contributed by atoms with Crippen molar-refractivity contribution < 1.29 is 9.23 Å². The molecule has 3 heteroatoms. The van der Waals surface area contributed by atoms with Crippen LogP contribution in [0.25, 0.3) is 0 Å². The number of nitrogens with zero attached hydrogens (tertiary/aromatic N) is 1. The summed E-state index contributed by atoms with van der Waals surface area (Å²) in [6, 6.07) is 6.41. The molecule has 1 rings (SSSR count). The Balaban J connectivity index is 2.63. The first-order chi connectivity index (χ1) is 6.20. The first-order valence-electron chi connectivity index (χ1n) is 4.14. The highest BCUT2D eigenvalue weighted by atomic mass is 19.1. The minimum absolute atomic E-state index is 0.0167. The van der Waals surface area contributed by atoms with Crippen LogP contribution in [-0.4, -0.2) is 12.3 Å². The van der Waals surface area contributed by atoms with Crippen molar-refractivity contribution in [2.24, 2.45) is 5.16 Å². The minimum atomic E-state index is -0.293. The number of hydrogen-bond acceptors (Lipinski definition) is 2. The predicted octanol–water partition coefficient (Wildman–Crippen LogP) is 2.58. The number of rotatable bonds is 3. The van der Waals surface area contributed by atoms with Gasteiger partial charge in [-0.25, -0.2) is 4.39 Å². The van der Waals surface area contributed by atoms with Crippen LogP contribution in [0.1, 0.15) is 19.4 Å². The number of benzene rings is 1. The molecule has 0 N–H and O–H groups in total. The molecule has 0 heterocycles. The first-order valence-corrected chi connectivity index (χ1v) is 4.14. The first kappa shape index (κ1) is 9.71. The van der Waals surface area contributed by atoms with E-state index in [2.05, 4.69) is 5.16 Å². The average molecular weight is 181 g/mol. The summed E-state index contributed by atoms with van der Waals surface area (Å²) in [6.45, 7) is 3.72. The third kappa shape index (κ3) is 3.23. The van der Waals surface area contributed by atoms with Crippen LogP contribution < -0.4 is 0 Å². The zero-order valence-corrected chi connectivity index (χ0v) is 7.70. The van der Waals surface area contributed by atoms with Crippen LogP contribution >= 0.6 is 0 Å². The Bertz CT molecular complexity index is 297. The van der Waals surface area contributed by atoms with Crippen LogP contribution in [0.15, 0.2) is 29.4 Å². The molecular formula is C10H12FNO. The zero-order chi connectivity index (χ0) is 9.68. The molecule has 0 saturated carbocycles. The lowest BCUT2D eigenvalue weighted by Crippen LogP contribution is -1.96. The summed E-state index contributed by atoms with van der Waals surface area (Å²) < 4.78 is 13.0. The molecule has 13 heavy (non-hydrogen) atoms. The molecular weight excluding hydrogens is 169 g/mol. The van der Waals surface area contributed by atoms with E-state index < -0.39 is 0 Å². The van der Waals surface area contributed by atoms with Gasteiger partial charge in [-0.2, -0.15) is 0 Å². The lowest BCUT2D eigenvalue weighted by atomic mass is 10.2. The molecule has 0 bridgehead atoms. The van der Waals surface area contributed by atoms with Gasteiger partial charge in [0.25, 0.3) is 0 Å². The second kappa shape index (κ2) is 4.60. The van der Waals surface area contributed by atoms with Crippen LogP contribution in [0.2, 0.25) is 0 Å². The van der Waals surface area contributed by atoms with Gasteiger partial charge in [0.05, 0.1) is 6.21 Å². The summed E-state index contributed by atoms with van der Waals surface area (Å²) in [5.74, 6) is -0.293. The third-order valence-electron chi connectivity index (χ3n) is 1.37. The second-order valence-corrected chi connectivity index (χ2v) is 2.91. The fourth-order valence-corrected chi connectivity index (χ4v) is 0.789. The molecule has 1 aromatic rings. The highest BCUT2D eigenvalue weighted by molar-refractivity contribution is 5.79. The zero-order valence-electron chi connectivity index (χ0n) is 7.70. The van der Waals surface area contributed by atoms with E-state index >= 15 is 0 Å². The Labute approximate surface area is 77.0 Å². The molecule has 2 nitrogen and oxygen atoms in total. The van der Waals surface area contributed by atoms with E-state index in [0.29, 0.717) is 5.56 Å². The van der Waals surface area contributed by atoms with E-state index in [9.17, 15) is 4.39 Å². The van der Waals surface area contributed by atoms with Gasteiger partial charge in [-0.3, -0.25) is 0 Å². The smallest absolute Gasteiger partial charge is 0.132 e. The number of halogens is 1. The molecule has 0 amide bonds. The van der Waals surface area contributed by atoms with E-state index in [4.69, 9.17) is 4.84 Å². The van der Waals surface area contributed by atoms with E-state index in [1.165, 1.54) is 12.3 Å². The molecule has 0 aromatic heterocycles. The molecule has 0 aliphatic rings. The van der Waals surface area contributed by atoms with Crippen molar-refractivity contribution in [1.82, 2.24) is 0 Å². The van der Waals surface area contributed by atoms with Crippen LogP contribution in [0.3, 0.4) is 0 Å². The Morgan fingerprint density at radius 3 is 2.69 bits per heavy atom. The highest BCUT2D eigenvalue weighted by Crippen LogP contribution is 2.03. The van der Waals surface area contributed by atoms with Crippen molar-refractivity contribution >= 4 is 6.21 Å². The van der Waals surface area contributed by atoms with Gasteiger partial charge in [-0.15, -0.1) is 0 Å². The minimum Gasteiger partial charge on any atom is -0.393 e. The molecule has 1 aromatic carbocycles. The van der Waals surface area contributed by atoms with Crippen molar-refractivity contribution in [3.8, 4) is 0 Å². The van der Waals surface area contributed by atoms with Crippen molar-refractivity contribution in [2.45, 2.75) is 20.0 Å². The molecule has 0 fully saturated rings. The standard InChI is InChI=1S/C10H12FNO/c1-8(2)13-12-7-9-5-3-4-6-10(9)11/h3-8H,1-2H3. The topological polar surface area (TPSA) is 21.6 Å². The van der Waals surface area contributed by atoms with Crippen LogP contribution in [0.4, 0.5) is 4.39 Å². The molecule has 0 aliphatic heterocycles. The van der Waals surface area contributed by atoms with E-state index in [-0.39, 0.29) is 11.9 Å². The second-order valence-electron chi connectivity index (χ2n) is 2.91. The van der Waals surface area contributed by atoms with Gasteiger partial charge in [-0.1, -0.05) is 23.4 Å². The van der Waals surface area contributed by atoms with Gasteiger partial charge >= 0.3 is 0 Å². The summed E-state index contributed by atoms with van der Waals surface area (Å²) in [5.41, 5.74) is 0.433. The summed E-state index contributed by atoms with van der Waals surface area (Å²) in [5, 5.41) is 3.64. The molecule has 0 radical (unpaired) electrons. The van der Waals surface area contributed by atoms with Crippen molar-refractivity contribution in [3.63, 3.8) is 0 Å². The van der Waals surface area contributed by atoms with Crippen molar-refractivity contribution in [2.75, 3.05) is 0 Å². The van der Waals surface area contributed by atoms with Gasteiger partial charge in [0.1, 0.15) is 11.9 Å². The molecule has 0 aliphatic carbocycles. The fourth-order valence-electron chi connectivity index (χ4n) is 0.789. The highest BCUT2D eigenvalue weighted by Gasteiger charge is 1.96. The lowest BCUT2D eigenvalue weighted by molar-refractivity contribution is 0.0873. The number of oxime groups is 1. The SMILES string of the molecule is CC(C)ON=Cc1ccccc1F. The summed E-state index contributed by atoms with van der Waals surface area (Å²) in [7, 11) is 0. The summed E-state index contributed by atoms with van der Waals surface area (Å²) >= 11 is 0. The Morgan fingerprint density at radius 2 is 2.08 bits per heavy atom. The normalized spacial score (nSPS) is 11.1. The Kier molecular flexibility index (Phi) is 3.43. The van der Waals surface area contributed by atoms with Crippen LogP contribution in [0, 0.1) is 5.82 Å². The van der Waals surface area contributed by atoms with E-state index in [1.54, 1.807) is 18.2 Å². The van der Waals surface area contributed by atoms with Gasteiger partial charge < -0.3 is 4.84 Å². The van der Waals surface area contributed by atoms with E-state index in [0.717, 1.165) is 0 Å². The van der Waals surface area contributed by atoms with Gasteiger partial charge in [0, 0.05) is 5.56 Å². The van der Waals surface area contributed by atoms with E-state index in [1.807, 2.05) is 13.8 Å². The fraction of sp³-hybridized carbons (Fsp3) is 0.300. The quantitative estimate of drug-likeness (QED) is 0.518. The molecule has 0 saturated heterocycles. The van der Waals surface area contributed by atoms with Gasteiger partial charge in [0.2, 0.25) is 0 Å².